The Hall–Kier alpha value is -1.11. The normalized spacial score (nSPS) is 14.0. The van der Waals surface area contributed by atoms with Gasteiger partial charge < -0.3 is 9.84 Å². The standard InChI is InChI=1S/C15H25NO4S/c1-11-10-12(6-7-13(11)20-5)21(18,19)16-14(8-9-17)15(2,3)4/h6-7,10,14,16-17H,8-9H2,1-5H3. The van der Waals surface area contributed by atoms with E-state index in [2.05, 4.69) is 4.72 Å². The number of nitrogens with one attached hydrogen (secondary N) is 1. The number of hydrogen-bond donors (Lipinski definition) is 2. The van der Waals surface area contributed by atoms with Crippen molar-refractivity contribution in [2.75, 3.05) is 13.7 Å². The Kier molecular flexibility index (Phi) is 5.78. The second-order valence-electron chi connectivity index (χ2n) is 6.18. The largest absolute Gasteiger partial charge is 0.496 e. The Bertz CT molecular complexity index is 576. The molecule has 1 aromatic rings. The molecule has 0 saturated carbocycles. The van der Waals surface area contributed by atoms with Crippen LogP contribution in [0, 0.1) is 12.3 Å². The van der Waals surface area contributed by atoms with Gasteiger partial charge >= 0.3 is 0 Å². The van der Waals surface area contributed by atoms with E-state index in [0.717, 1.165) is 5.56 Å². The van der Waals surface area contributed by atoms with Crippen LogP contribution in [0.25, 0.3) is 0 Å². The molecule has 21 heavy (non-hydrogen) atoms. The highest BCUT2D eigenvalue weighted by Gasteiger charge is 2.29. The Balaban J connectivity index is 3.07. The average molecular weight is 315 g/mol. The smallest absolute Gasteiger partial charge is 0.240 e. The summed E-state index contributed by atoms with van der Waals surface area (Å²) in [6.07, 6.45) is 0.373. The number of aliphatic hydroxyl groups is 1. The van der Waals surface area contributed by atoms with Crippen LogP contribution < -0.4 is 9.46 Å². The highest BCUT2D eigenvalue weighted by molar-refractivity contribution is 7.89. The number of aryl methyl sites for hydroxylation is 1. The van der Waals surface area contributed by atoms with Crippen molar-refractivity contribution < 1.29 is 18.3 Å². The molecule has 0 aliphatic carbocycles. The molecule has 0 aliphatic heterocycles. The number of benzene rings is 1. The molecule has 0 fully saturated rings. The van der Waals surface area contributed by atoms with Crippen molar-refractivity contribution in [2.45, 2.75) is 45.1 Å². The lowest BCUT2D eigenvalue weighted by Gasteiger charge is -2.30. The predicted octanol–water partition coefficient (Wildman–Crippen LogP) is 2.08. The third-order valence-electron chi connectivity index (χ3n) is 3.44. The Labute approximate surface area is 127 Å². The van der Waals surface area contributed by atoms with E-state index in [1.54, 1.807) is 26.2 Å². The molecule has 0 radical (unpaired) electrons. The van der Waals surface area contributed by atoms with E-state index in [0.29, 0.717) is 12.2 Å². The Morgan fingerprint density at radius 2 is 1.95 bits per heavy atom. The lowest BCUT2D eigenvalue weighted by atomic mass is 9.86. The van der Waals surface area contributed by atoms with Crippen LogP contribution in [0.2, 0.25) is 0 Å². The van der Waals surface area contributed by atoms with Gasteiger partial charge in [-0.25, -0.2) is 13.1 Å². The van der Waals surface area contributed by atoms with E-state index < -0.39 is 10.0 Å². The molecule has 0 bridgehead atoms. The predicted molar refractivity (Wildman–Crippen MR) is 83.0 cm³/mol. The molecule has 120 valence electrons. The maximum atomic E-state index is 12.5. The second kappa shape index (κ2) is 6.77. The van der Waals surface area contributed by atoms with Crippen molar-refractivity contribution in [3.05, 3.63) is 23.8 Å². The molecule has 0 saturated heterocycles. The molecule has 0 aromatic heterocycles. The fourth-order valence-corrected chi connectivity index (χ4v) is 3.63. The molecule has 6 heteroatoms. The third-order valence-corrected chi connectivity index (χ3v) is 4.91. The van der Waals surface area contributed by atoms with Crippen LogP contribution in [-0.4, -0.2) is 33.3 Å². The molecule has 1 atom stereocenters. The zero-order chi connectivity index (χ0) is 16.3. The van der Waals surface area contributed by atoms with Gasteiger partial charge in [-0.3, -0.25) is 0 Å². The molecule has 0 aliphatic rings. The van der Waals surface area contributed by atoms with Gasteiger partial charge in [0.25, 0.3) is 0 Å². The number of ether oxygens (including phenoxy) is 1. The summed E-state index contributed by atoms with van der Waals surface area (Å²) in [6, 6.07) is 4.41. The van der Waals surface area contributed by atoms with Crippen molar-refractivity contribution in [1.82, 2.24) is 4.72 Å². The summed E-state index contributed by atoms with van der Waals surface area (Å²) in [4.78, 5) is 0.202. The van der Waals surface area contributed by atoms with Gasteiger partial charge in [-0.1, -0.05) is 20.8 Å². The number of rotatable bonds is 6. The first-order chi connectivity index (χ1) is 9.61. The van der Waals surface area contributed by atoms with Crippen LogP contribution in [0.1, 0.15) is 32.8 Å². The first-order valence-electron chi connectivity index (χ1n) is 6.89. The maximum Gasteiger partial charge on any atom is 0.240 e. The molecule has 2 N–H and O–H groups in total. The zero-order valence-corrected chi connectivity index (χ0v) is 14.1. The first kappa shape index (κ1) is 17.9. The second-order valence-corrected chi connectivity index (χ2v) is 7.90. The average Bonchev–Trinajstić information content (AvgIpc) is 2.36. The van der Waals surface area contributed by atoms with Crippen LogP contribution in [-0.2, 0) is 10.0 Å². The van der Waals surface area contributed by atoms with E-state index in [-0.39, 0.29) is 23.0 Å². The lowest BCUT2D eigenvalue weighted by molar-refractivity contribution is 0.214. The topological polar surface area (TPSA) is 75.6 Å². The minimum Gasteiger partial charge on any atom is -0.496 e. The number of sulfonamides is 1. The lowest BCUT2D eigenvalue weighted by Crippen LogP contribution is -2.44. The fourth-order valence-electron chi connectivity index (χ4n) is 2.07. The van der Waals surface area contributed by atoms with Gasteiger partial charge in [0.05, 0.1) is 12.0 Å². The van der Waals surface area contributed by atoms with Gasteiger partial charge in [-0.05, 0) is 42.5 Å². The van der Waals surface area contributed by atoms with Gasteiger partial charge in [-0.15, -0.1) is 0 Å². The maximum absolute atomic E-state index is 12.5. The quantitative estimate of drug-likeness (QED) is 0.843. The fraction of sp³-hybridized carbons (Fsp3) is 0.600. The summed E-state index contributed by atoms with van der Waals surface area (Å²) < 4.78 is 32.8. The summed E-state index contributed by atoms with van der Waals surface area (Å²) in [5.41, 5.74) is 0.479. The van der Waals surface area contributed by atoms with E-state index in [1.165, 1.54) is 6.07 Å². The summed E-state index contributed by atoms with van der Waals surface area (Å²) in [5, 5.41) is 9.13. The van der Waals surface area contributed by atoms with E-state index >= 15 is 0 Å². The summed E-state index contributed by atoms with van der Waals surface area (Å²) in [5.74, 6) is 0.650. The van der Waals surface area contributed by atoms with Crippen LogP contribution in [0.5, 0.6) is 5.75 Å². The van der Waals surface area contributed by atoms with E-state index in [1.807, 2.05) is 20.8 Å². The molecule has 0 spiro atoms. The van der Waals surface area contributed by atoms with Crippen molar-refractivity contribution in [3.8, 4) is 5.75 Å². The summed E-state index contributed by atoms with van der Waals surface area (Å²) in [7, 11) is -2.08. The molecule has 0 heterocycles. The van der Waals surface area contributed by atoms with Crippen molar-refractivity contribution in [1.29, 1.82) is 0 Å². The highest BCUT2D eigenvalue weighted by Crippen LogP contribution is 2.25. The van der Waals surface area contributed by atoms with Crippen LogP contribution in [0.3, 0.4) is 0 Å². The van der Waals surface area contributed by atoms with E-state index in [4.69, 9.17) is 9.84 Å². The monoisotopic (exact) mass is 315 g/mol. The molecule has 0 amide bonds. The van der Waals surface area contributed by atoms with Gasteiger partial charge in [0.15, 0.2) is 0 Å². The van der Waals surface area contributed by atoms with Crippen LogP contribution in [0.4, 0.5) is 0 Å². The van der Waals surface area contributed by atoms with Crippen LogP contribution in [0.15, 0.2) is 23.1 Å². The first-order valence-corrected chi connectivity index (χ1v) is 8.38. The minimum absolute atomic E-state index is 0.0634. The number of methoxy groups -OCH3 is 1. The van der Waals surface area contributed by atoms with Crippen LogP contribution >= 0.6 is 0 Å². The number of hydrogen-bond acceptors (Lipinski definition) is 4. The molecule has 1 aromatic carbocycles. The molecule has 5 nitrogen and oxygen atoms in total. The summed E-state index contributed by atoms with van der Waals surface area (Å²) >= 11 is 0. The molecule has 1 rings (SSSR count). The molecular formula is C15H25NO4S. The molecule has 1 unspecified atom stereocenters. The molecular weight excluding hydrogens is 290 g/mol. The van der Waals surface area contributed by atoms with Crippen molar-refractivity contribution in [2.24, 2.45) is 5.41 Å². The Morgan fingerprint density at radius 3 is 2.38 bits per heavy atom. The SMILES string of the molecule is COc1ccc(S(=O)(=O)NC(CCO)C(C)(C)C)cc1C. The van der Waals surface area contributed by atoms with Gasteiger partial charge in [0, 0.05) is 12.6 Å². The van der Waals surface area contributed by atoms with Gasteiger partial charge in [0.2, 0.25) is 10.0 Å². The minimum atomic E-state index is -3.63. The van der Waals surface area contributed by atoms with Crippen molar-refractivity contribution >= 4 is 10.0 Å². The van der Waals surface area contributed by atoms with Gasteiger partial charge in [0.1, 0.15) is 5.75 Å². The number of aliphatic hydroxyl groups excluding tert-OH is 1. The van der Waals surface area contributed by atoms with Crippen molar-refractivity contribution in [3.63, 3.8) is 0 Å². The highest BCUT2D eigenvalue weighted by atomic mass is 32.2. The zero-order valence-electron chi connectivity index (χ0n) is 13.3. The van der Waals surface area contributed by atoms with Gasteiger partial charge in [-0.2, -0.15) is 0 Å². The third kappa shape index (κ3) is 4.69. The Morgan fingerprint density at radius 1 is 1.33 bits per heavy atom. The van der Waals surface area contributed by atoms with E-state index in [9.17, 15) is 8.42 Å². The summed E-state index contributed by atoms with van der Waals surface area (Å²) in [6.45, 7) is 7.55.